The van der Waals surface area contributed by atoms with Gasteiger partial charge in [-0.2, -0.15) is 0 Å². The minimum atomic E-state index is -1.07. The van der Waals surface area contributed by atoms with Gasteiger partial charge in [-0.25, -0.2) is 4.79 Å². The number of ether oxygens (including phenoxy) is 5. The minimum absolute atomic E-state index is 0.417. The maximum atomic E-state index is 11.8. The highest BCUT2D eigenvalue weighted by Gasteiger charge is 2.65. The maximum absolute atomic E-state index is 11.8. The van der Waals surface area contributed by atoms with E-state index in [9.17, 15) is 9.90 Å². The summed E-state index contributed by atoms with van der Waals surface area (Å²) in [5.41, 5.74) is 0. The molecule has 3 heterocycles. The Labute approximate surface area is 146 Å². The predicted octanol–water partition coefficient (Wildman–Crippen LogP) is 2.32. The van der Waals surface area contributed by atoms with Gasteiger partial charge in [-0.3, -0.25) is 0 Å². The first-order valence-electron chi connectivity index (χ1n) is 9.69. The summed E-state index contributed by atoms with van der Waals surface area (Å²) in [4.78, 5) is 11.8. The molecule has 0 aromatic heterocycles. The molecule has 0 radical (unpaired) electrons. The molecule has 140 valence electrons. The van der Waals surface area contributed by atoms with Gasteiger partial charge in [-0.05, 0) is 25.7 Å². The van der Waals surface area contributed by atoms with Gasteiger partial charge < -0.3 is 28.8 Å². The third-order valence-corrected chi connectivity index (χ3v) is 6.35. The second kappa shape index (κ2) is 5.89. The van der Waals surface area contributed by atoms with Gasteiger partial charge in [0.1, 0.15) is 18.3 Å². The summed E-state index contributed by atoms with van der Waals surface area (Å²) in [5, 5.41) is 9.64. The summed E-state index contributed by atoms with van der Waals surface area (Å²) < 4.78 is 30.8. The summed E-state index contributed by atoms with van der Waals surface area (Å²) in [5.74, 6) is -2.35. The zero-order chi connectivity index (χ0) is 17.1. The predicted molar refractivity (Wildman–Crippen MR) is 83.6 cm³/mol. The lowest BCUT2D eigenvalue weighted by Crippen LogP contribution is -2.57. The molecule has 0 unspecified atom stereocenters. The number of fused-ring (bicyclic) bond motifs is 3. The van der Waals surface area contributed by atoms with E-state index in [4.69, 9.17) is 23.7 Å². The molecule has 2 spiro atoms. The second-order valence-electron chi connectivity index (χ2n) is 8.07. The van der Waals surface area contributed by atoms with Crippen molar-refractivity contribution in [2.75, 3.05) is 0 Å². The van der Waals surface area contributed by atoms with E-state index in [2.05, 4.69) is 0 Å². The number of rotatable bonds is 1. The number of hydrogen-bond acceptors (Lipinski definition) is 6. The zero-order valence-corrected chi connectivity index (χ0v) is 14.4. The standard InChI is InChI=1S/C18H26O7/c19-15(20)13-11-12(23-17(22-11)7-3-1-4-8-17)14-16(21-13)25-18(24-14)9-5-2-6-10-18/h11-14,16H,1-10H2,(H,19,20)/t11-,12+,13+,14-,16-/m0/s1. The van der Waals surface area contributed by atoms with Crippen LogP contribution in [-0.4, -0.2) is 53.4 Å². The van der Waals surface area contributed by atoms with Crippen LogP contribution in [0.4, 0.5) is 0 Å². The first-order chi connectivity index (χ1) is 12.1. The first kappa shape index (κ1) is 16.4. The molecule has 5 fully saturated rings. The zero-order valence-electron chi connectivity index (χ0n) is 14.4. The molecule has 1 N–H and O–H groups in total. The highest BCUT2D eigenvalue weighted by atomic mass is 16.9. The molecule has 2 saturated carbocycles. The summed E-state index contributed by atoms with van der Waals surface area (Å²) in [6, 6.07) is 0. The number of carbonyl (C=O) groups is 1. The Morgan fingerprint density at radius 3 is 1.84 bits per heavy atom. The number of carboxylic acid groups (broad SMARTS) is 1. The van der Waals surface area contributed by atoms with Gasteiger partial charge in [0.25, 0.3) is 0 Å². The van der Waals surface area contributed by atoms with Crippen LogP contribution in [0.25, 0.3) is 0 Å². The van der Waals surface area contributed by atoms with Crippen LogP contribution in [0.2, 0.25) is 0 Å². The van der Waals surface area contributed by atoms with E-state index in [0.29, 0.717) is 0 Å². The maximum Gasteiger partial charge on any atom is 0.335 e. The van der Waals surface area contributed by atoms with Crippen LogP contribution in [0.15, 0.2) is 0 Å². The third kappa shape index (κ3) is 2.63. The van der Waals surface area contributed by atoms with Crippen LogP contribution in [-0.2, 0) is 28.5 Å². The molecule has 0 bridgehead atoms. The normalized spacial score (nSPS) is 44.6. The van der Waals surface area contributed by atoms with Crippen LogP contribution >= 0.6 is 0 Å². The largest absolute Gasteiger partial charge is 0.479 e. The fourth-order valence-electron chi connectivity index (χ4n) is 5.16. The molecule has 0 aromatic rings. The topological polar surface area (TPSA) is 83.5 Å². The van der Waals surface area contributed by atoms with Gasteiger partial charge in [0, 0.05) is 25.7 Å². The van der Waals surface area contributed by atoms with Crippen molar-refractivity contribution in [3.05, 3.63) is 0 Å². The first-order valence-corrected chi connectivity index (χ1v) is 9.69. The van der Waals surface area contributed by atoms with E-state index >= 15 is 0 Å². The third-order valence-electron chi connectivity index (χ3n) is 6.35. The van der Waals surface area contributed by atoms with Crippen molar-refractivity contribution in [2.24, 2.45) is 0 Å². The molecule has 7 nitrogen and oxygen atoms in total. The van der Waals surface area contributed by atoms with Crippen molar-refractivity contribution in [1.82, 2.24) is 0 Å². The lowest BCUT2D eigenvalue weighted by molar-refractivity contribution is -0.251. The molecule has 5 atom stereocenters. The van der Waals surface area contributed by atoms with Crippen molar-refractivity contribution in [3.8, 4) is 0 Å². The van der Waals surface area contributed by atoms with Gasteiger partial charge in [-0.15, -0.1) is 0 Å². The molecular weight excluding hydrogens is 328 g/mol. The average Bonchev–Trinajstić information content (AvgIpc) is 3.13. The SMILES string of the molecule is O=C(O)[C@@H]1O[C@H]2OC3(CCCCC3)O[C@H]2[C@@H]2OC3(CCCCC3)O[C@@H]21. The van der Waals surface area contributed by atoms with Crippen LogP contribution in [0.3, 0.4) is 0 Å². The molecule has 5 aliphatic rings. The van der Waals surface area contributed by atoms with Crippen LogP contribution < -0.4 is 0 Å². The second-order valence-corrected chi connectivity index (χ2v) is 8.07. The van der Waals surface area contributed by atoms with Gasteiger partial charge in [0.05, 0.1) is 0 Å². The summed E-state index contributed by atoms with van der Waals surface area (Å²) in [7, 11) is 0. The molecule has 0 amide bonds. The molecule has 25 heavy (non-hydrogen) atoms. The Hall–Kier alpha value is -0.730. The Morgan fingerprint density at radius 1 is 0.720 bits per heavy atom. The van der Waals surface area contributed by atoms with Crippen molar-refractivity contribution in [1.29, 1.82) is 0 Å². The monoisotopic (exact) mass is 354 g/mol. The molecule has 0 aromatic carbocycles. The number of carboxylic acids is 1. The van der Waals surface area contributed by atoms with E-state index in [-0.39, 0.29) is 0 Å². The smallest absolute Gasteiger partial charge is 0.335 e. The van der Waals surface area contributed by atoms with E-state index in [0.717, 1.165) is 57.8 Å². The van der Waals surface area contributed by atoms with Crippen LogP contribution in [0.1, 0.15) is 64.2 Å². The lowest BCUT2D eigenvalue weighted by atomic mass is 9.94. The van der Waals surface area contributed by atoms with Gasteiger partial charge in [0.15, 0.2) is 24.0 Å². The average molecular weight is 354 g/mol. The fourth-order valence-corrected chi connectivity index (χ4v) is 5.16. The highest BCUT2D eigenvalue weighted by Crippen LogP contribution is 2.50. The summed E-state index contributed by atoms with van der Waals surface area (Å²) in [6.07, 6.45) is 6.50. The fraction of sp³-hybridized carbons (Fsp3) is 0.944. The van der Waals surface area contributed by atoms with E-state index in [1.54, 1.807) is 0 Å². The van der Waals surface area contributed by atoms with E-state index in [1.165, 1.54) is 6.42 Å². The molecular formula is C18H26O7. The van der Waals surface area contributed by atoms with E-state index < -0.39 is 48.2 Å². The van der Waals surface area contributed by atoms with Gasteiger partial charge in [-0.1, -0.05) is 12.8 Å². The molecule has 3 aliphatic heterocycles. The van der Waals surface area contributed by atoms with Crippen molar-refractivity contribution >= 4 is 5.97 Å². The van der Waals surface area contributed by atoms with Crippen molar-refractivity contribution in [3.63, 3.8) is 0 Å². The van der Waals surface area contributed by atoms with Crippen molar-refractivity contribution < 1.29 is 33.6 Å². The highest BCUT2D eigenvalue weighted by molar-refractivity contribution is 5.73. The Bertz CT molecular complexity index is 538. The lowest BCUT2D eigenvalue weighted by Gasteiger charge is -2.35. The van der Waals surface area contributed by atoms with Gasteiger partial charge >= 0.3 is 5.97 Å². The van der Waals surface area contributed by atoms with Gasteiger partial charge in [0.2, 0.25) is 0 Å². The molecule has 7 heteroatoms. The number of hydrogen-bond donors (Lipinski definition) is 1. The summed E-state index contributed by atoms with van der Waals surface area (Å²) in [6.45, 7) is 0. The van der Waals surface area contributed by atoms with E-state index in [1.807, 2.05) is 0 Å². The number of aliphatic carboxylic acids is 1. The molecule has 2 aliphatic carbocycles. The minimum Gasteiger partial charge on any atom is -0.479 e. The van der Waals surface area contributed by atoms with Crippen molar-refractivity contribution in [2.45, 2.75) is 106 Å². The Balaban J connectivity index is 1.43. The molecule has 3 saturated heterocycles. The Kier molecular flexibility index (Phi) is 3.87. The summed E-state index contributed by atoms with van der Waals surface area (Å²) >= 11 is 0. The van der Waals surface area contributed by atoms with Crippen LogP contribution in [0, 0.1) is 0 Å². The molecule has 5 rings (SSSR count). The Morgan fingerprint density at radius 2 is 1.24 bits per heavy atom. The quantitative estimate of drug-likeness (QED) is 0.773. The van der Waals surface area contributed by atoms with Crippen LogP contribution in [0.5, 0.6) is 0 Å².